The van der Waals surface area contributed by atoms with Crippen LogP contribution in [-0.2, 0) is 25.7 Å². The molecule has 2 heterocycles. The third-order valence-corrected chi connectivity index (χ3v) is 8.13. The third-order valence-electron chi connectivity index (χ3n) is 8.13. The molecule has 2 N–H and O–H groups in total. The normalized spacial score (nSPS) is 23.2. The maximum Gasteiger partial charge on any atom is 0.231 e. The topological polar surface area (TPSA) is 92.9 Å². The minimum atomic E-state index is -1.10. The van der Waals surface area contributed by atoms with Crippen LogP contribution in [0.5, 0.6) is 0 Å². The molecule has 0 radical (unpaired) electrons. The molecule has 7 nitrogen and oxygen atoms in total. The molecule has 0 saturated carbocycles. The second-order valence-electron chi connectivity index (χ2n) is 10.8. The van der Waals surface area contributed by atoms with Gasteiger partial charge in [0.25, 0.3) is 0 Å². The van der Waals surface area contributed by atoms with Gasteiger partial charge in [-0.2, -0.15) is 0 Å². The van der Waals surface area contributed by atoms with Gasteiger partial charge in [0, 0.05) is 32.6 Å². The largest absolute Gasteiger partial charge is 0.376 e. The molecule has 36 heavy (non-hydrogen) atoms. The van der Waals surface area contributed by atoms with Crippen LogP contribution in [0.4, 0.5) is 0 Å². The number of benzene rings is 2. The molecule has 0 aliphatic carbocycles. The number of amides is 3. The smallest absolute Gasteiger partial charge is 0.231 e. The SMILES string of the molecule is CN1C[C@H](c2ccccc2)[C@]2(CCCN(C(=O)[C@@H](COCc3ccccc3)C(C)(C)C(N)=O)C2)C1=O. The standard InChI is InChI=1S/C29H37N3O4/c1-28(2,26(30)34)24(19-36-18-21-11-6-4-7-12-21)25(33)32-16-10-15-29(20-32)23(17-31(3)27(29)35)22-13-8-5-9-14-22/h4-9,11-14,23-24H,10,15-20H2,1-3H3,(H2,30,34)/t23-,24-,29-/m1/s1. The van der Waals surface area contributed by atoms with E-state index in [0.29, 0.717) is 26.2 Å². The quantitative estimate of drug-likeness (QED) is 0.614. The molecule has 0 unspecified atom stereocenters. The Morgan fingerprint density at radius 2 is 1.75 bits per heavy atom. The van der Waals surface area contributed by atoms with Gasteiger partial charge in [0.05, 0.1) is 30.0 Å². The van der Waals surface area contributed by atoms with E-state index in [4.69, 9.17) is 10.5 Å². The number of carbonyl (C=O) groups excluding carboxylic acids is 3. The lowest BCUT2D eigenvalue weighted by atomic mass is 9.68. The summed E-state index contributed by atoms with van der Waals surface area (Å²) in [6, 6.07) is 19.8. The van der Waals surface area contributed by atoms with Crippen molar-refractivity contribution in [1.82, 2.24) is 9.80 Å². The highest BCUT2D eigenvalue weighted by Crippen LogP contribution is 2.49. The van der Waals surface area contributed by atoms with Crippen molar-refractivity contribution in [3.05, 3.63) is 71.8 Å². The molecule has 7 heteroatoms. The van der Waals surface area contributed by atoms with Gasteiger partial charge < -0.3 is 20.3 Å². The van der Waals surface area contributed by atoms with Crippen LogP contribution < -0.4 is 5.73 Å². The highest BCUT2D eigenvalue weighted by Gasteiger charge is 2.56. The summed E-state index contributed by atoms with van der Waals surface area (Å²) in [6.07, 6.45) is 1.46. The number of rotatable bonds is 8. The summed E-state index contributed by atoms with van der Waals surface area (Å²) in [5.74, 6) is -1.39. The summed E-state index contributed by atoms with van der Waals surface area (Å²) in [4.78, 5) is 43.5. The number of nitrogens with zero attached hydrogens (tertiary/aromatic N) is 2. The van der Waals surface area contributed by atoms with E-state index >= 15 is 0 Å². The van der Waals surface area contributed by atoms with Gasteiger partial charge in [0.1, 0.15) is 0 Å². The second-order valence-corrected chi connectivity index (χ2v) is 10.8. The Morgan fingerprint density at radius 3 is 2.39 bits per heavy atom. The van der Waals surface area contributed by atoms with Gasteiger partial charge in [-0.05, 0) is 24.0 Å². The van der Waals surface area contributed by atoms with Gasteiger partial charge >= 0.3 is 0 Å². The number of likely N-dealkylation sites (N-methyl/N-ethyl adjacent to an activating group) is 1. The Hall–Kier alpha value is -3.19. The molecule has 3 atom stereocenters. The lowest BCUT2D eigenvalue weighted by Gasteiger charge is -2.44. The van der Waals surface area contributed by atoms with E-state index in [1.54, 1.807) is 23.6 Å². The zero-order valence-electron chi connectivity index (χ0n) is 21.5. The molecule has 1 spiro atoms. The molecule has 0 aromatic heterocycles. The number of ether oxygens (including phenoxy) is 1. The fraction of sp³-hybridized carbons (Fsp3) is 0.483. The summed E-state index contributed by atoms with van der Waals surface area (Å²) >= 11 is 0. The maximum atomic E-state index is 14.0. The lowest BCUT2D eigenvalue weighted by molar-refractivity contribution is -0.154. The molecular weight excluding hydrogens is 454 g/mol. The zero-order valence-corrected chi connectivity index (χ0v) is 21.5. The number of carbonyl (C=O) groups is 3. The Balaban J connectivity index is 1.57. The van der Waals surface area contributed by atoms with E-state index in [2.05, 4.69) is 12.1 Å². The fourth-order valence-corrected chi connectivity index (χ4v) is 5.75. The van der Waals surface area contributed by atoms with Crippen molar-refractivity contribution in [1.29, 1.82) is 0 Å². The monoisotopic (exact) mass is 491 g/mol. The predicted molar refractivity (Wildman–Crippen MR) is 138 cm³/mol. The molecule has 0 bridgehead atoms. The number of primary amides is 1. The van der Waals surface area contributed by atoms with E-state index in [1.165, 1.54) is 0 Å². The molecule has 2 aromatic carbocycles. The van der Waals surface area contributed by atoms with Crippen LogP contribution in [0.25, 0.3) is 0 Å². The molecule has 2 fully saturated rings. The number of hydrogen-bond acceptors (Lipinski definition) is 4. The molecule has 192 valence electrons. The minimum Gasteiger partial charge on any atom is -0.376 e. The van der Waals surface area contributed by atoms with Crippen LogP contribution in [0.3, 0.4) is 0 Å². The van der Waals surface area contributed by atoms with Crippen LogP contribution in [-0.4, -0.2) is 60.8 Å². The highest BCUT2D eigenvalue weighted by atomic mass is 16.5. The zero-order chi connectivity index (χ0) is 25.9. The van der Waals surface area contributed by atoms with Gasteiger partial charge in [0.15, 0.2) is 0 Å². The first-order valence-corrected chi connectivity index (χ1v) is 12.7. The first-order chi connectivity index (χ1) is 17.2. The van der Waals surface area contributed by atoms with Crippen LogP contribution in [0.15, 0.2) is 60.7 Å². The van der Waals surface area contributed by atoms with Gasteiger partial charge in [-0.25, -0.2) is 0 Å². The Morgan fingerprint density at radius 1 is 1.11 bits per heavy atom. The number of piperidine rings is 1. The predicted octanol–water partition coefficient (Wildman–Crippen LogP) is 3.20. The molecule has 2 aliphatic rings. The average Bonchev–Trinajstić information content (AvgIpc) is 3.12. The Labute approximate surface area is 213 Å². The third kappa shape index (κ3) is 4.89. The van der Waals surface area contributed by atoms with Crippen LogP contribution >= 0.6 is 0 Å². The highest BCUT2D eigenvalue weighted by molar-refractivity contribution is 5.91. The second kappa shape index (κ2) is 10.4. The van der Waals surface area contributed by atoms with Crippen molar-refractivity contribution in [2.45, 2.75) is 39.2 Å². The van der Waals surface area contributed by atoms with E-state index in [-0.39, 0.29) is 24.3 Å². The summed E-state index contributed by atoms with van der Waals surface area (Å²) in [5, 5.41) is 0. The van der Waals surface area contributed by atoms with Crippen molar-refractivity contribution in [2.24, 2.45) is 22.5 Å². The van der Waals surface area contributed by atoms with Crippen molar-refractivity contribution in [2.75, 3.05) is 33.3 Å². The number of hydrogen-bond donors (Lipinski definition) is 1. The van der Waals surface area contributed by atoms with Crippen molar-refractivity contribution in [3.63, 3.8) is 0 Å². The summed E-state index contributed by atoms with van der Waals surface area (Å²) in [6.45, 7) is 5.31. The van der Waals surface area contributed by atoms with E-state index in [9.17, 15) is 14.4 Å². The van der Waals surface area contributed by atoms with Gasteiger partial charge in [-0.3, -0.25) is 14.4 Å². The van der Waals surface area contributed by atoms with Crippen LogP contribution in [0.1, 0.15) is 43.7 Å². The molecule has 2 aromatic rings. The number of likely N-dealkylation sites (tertiary alicyclic amines) is 2. The Kier molecular flexibility index (Phi) is 7.50. The molecule has 2 aliphatic heterocycles. The van der Waals surface area contributed by atoms with Crippen molar-refractivity contribution in [3.8, 4) is 0 Å². The van der Waals surface area contributed by atoms with Crippen molar-refractivity contribution >= 4 is 17.7 Å². The van der Waals surface area contributed by atoms with Gasteiger partial charge in [0.2, 0.25) is 17.7 Å². The van der Waals surface area contributed by atoms with E-state index in [0.717, 1.165) is 24.0 Å². The fourth-order valence-electron chi connectivity index (χ4n) is 5.75. The summed E-state index contributed by atoms with van der Waals surface area (Å²) in [7, 11) is 1.84. The average molecular weight is 492 g/mol. The van der Waals surface area contributed by atoms with E-state index < -0.39 is 22.7 Å². The first-order valence-electron chi connectivity index (χ1n) is 12.7. The minimum absolute atomic E-state index is 0.00345. The summed E-state index contributed by atoms with van der Waals surface area (Å²) in [5.41, 5.74) is 6.08. The first kappa shape index (κ1) is 25.9. The molecule has 2 saturated heterocycles. The molecule has 3 amide bonds. The molecule has 4 rings (SSSR count). The van der Waals surface area contributed by atoms with Crippen molar-refractivity contribution < 1.29 is 19.1 Å². The van der Waals surface area contributed by atoms with Gasteiger partial charge in [-0.1, -0.05) is 74.5 Å². The van der Waals surface area contributed by atoms with Crippen LogP contribution in [0.2, 0.25) is 0 Å². The Bertz CT molecular complexity index is 1090. The van der Waals surface area contributed by atoms with Crippen LogP contribution in [0, 0.1) is 16.7 Å². The maximum absolute atomic E-state index is 14.0. The molecular formula is C29H37N3O4. The van der Waals surface area contributed by atoms with Gasteiger partial charge in [-0.15, -0.1) is 0 Å². The lowest BCUT2D eigenvalue weighted by Crippen LogP contribution is -2.56. The number of nitrogens with two attached hydrogens (primary N) is 1. The van der Waals surface area contributed by atoms with E-state index in [1.807, 2.05) is 55.6 Å². The summed E-state index contributed by atoms with van der Waals surface area (Å²) < 4.78 is 5.95.